The Labute approximate surface area is 228 Å². The van der Waals surface area contributed by atoms with Crippen LogP contribution in [0.3, 0.4) is 0 Å². The maximum Gasteiger partial charge on any atom is 0.390 e. The zero-order valence-corrected chi connectivity index (χ0v) is 22.5. The number of primary amides is 1. The van der Waals surface area contributed by atoms with Gasteiger partial charge in [-0.05, 0) is 44.4 Å². The van der Waals surface area contributed by atoms with E-state index >= 15 is 0 Å². The number of rotatable bonds is 6. The highest BCUT2D eigenvalue weighted by Gasteiger charge is 2.59. The second-order valence-corrected chi connectivity index (χ2v) is 11.1. The van der Waals surface area contributed by atoms with E-state index in [4.69, 9.17) is 5.73 Å². The first-order valence-corrected chi connectivity index (χ1v) is 12.7. The number of Topliss-reactive ketones (excluding diaryl/α,β-unsaturated/α-hetero) is 2. The lowest BCUT2D eigenvalue weighted by Crippen LogP contribution is -2.57. The van der Waals surface area contributed by atoms with Crippen molar-refractivity contribution in [1.29, 1.82) is 0 Å². The van der Waals surface area contributed by atoms with E-state index in [2.05, 4.69) is 0 Å². The van der Waals surface area contributed by atoms with Crippen molar-refractivity contribution in [3.8, 4) is 5.75 Å². The van der Waals surface area contributed by atoms with Gasteiger partial charge in [-0.1, -0.05) is 0 Å². The smallest absolute Gasteiger partial charge is 0.390 e. The van der Waals surface area contributed by atoms with E-state index in [1.54, 1.807) is 25.1 Å². The number of hydrogen-bond donors (Lipinski definition) is 5. The minimum Gasteiger partial charge on any atom is -0.511 e. The van der Waals surface area contributed by atoms with Crippen LogP contribution in [0.4, 0.5) is 18.9 Å². The number of nitrogens with two attached hydrogens (primary N) is 1. The van der Waals surface area contributed by atoms with E-state index in [0.29, 0.717) is 11.3 Å². The quantitative estimate of drug-likeness (QED) is 0.325. The zero-order valence-electron chi connectivity index (χ0n) is 22.5. The lowest BCUT2D eigenvalue weighted by atomic mass is 9.60. The van der Waals surface area contributed by atoms with Crippen LogP contribution >= 0.6 is 0 Å². The molecular weight excluding hydrogens is 535 g/mol. The molecule has 0 aromatic heterocycles. The predicted octanol–water partition coefficient (Wildman–Crippen LogP) is 2.42. The van der Waals surface area contributed by atoms with Crippen LogP contribution < -0.4 is 10.6 Å². The van der Waals surface area contributed by atoms with Crippen molar-refractivity contribution in [2.45, 2.75) is 57.0 Å². The number of carbonyl (C=O) groups is 3. The van der Waals surface area contributed by atoms with Crippen LogP contribution in [0, 0.1) is 11.8 Å². The molecule has 0 saturated heterocycles. The van der Waals surface area contributed by atoms with Crippen LogP contribution in [-0.4, -0.2) is 81.8 Å². The molecule has 0 aliphatic heterocycles. The molecule has 3 aliphatic rings. The molecule has 4 rings (SSSR count). The van der Waals surface area contributed by atoms with Crippen molar-refractivity contribution in [3.05, 3.63) is 45.4 Å². The van der Waals surface area contributed by atoms with Crippen molar-refractivity contribution in [3.63, 3.8) is 0 Å². The summed E-state index contributed by atoms with van der Waals surface area (Å²) in [4.78, 5) is 41.9. The Morgan fingerprint density at radius 3 is 2.35 bits per heavy atom. The Morgan fingerprint density at radius 2 is 1.80 bits per heavy atom. The maximum atomic E-state index is 13.9. The number of nitrogens with zero attached hydrogens (tertiary/aromatic N) is 2. The van der Waals surface area contributed by atoms with Crippen molar-refractivity contribution < 1.29 is 48.0 Å². The molecule has 0 saturated carbocycles. The van der Waals surface area contributed by atoms with Gasteiger partial charge in [0, 0.05) is 55.8 Å². The number of carbonyl (C=O) groups excluding carboxylic acids is 3. The highest BCUT2D eigenvalue weighted by Crippen LogP contribution is 2.52. The summed E-state index contributed by atoms with van der Waals surface area (Å²) < 4.78 is 38.8. The van der Waals surface area contributed by atoms with Crippen molar-refractivity contribution >= 4 is 23.2 Å². The summed E-state index contributed by atoms with van der Waals surface area (Å²) in [7, 11) is 4.86. The van der Waals surface area contributed by atoms with E-state index in [-0.39, 0.29) is 42.5 Å². The molecule has 0 spiro atoms. The van der Waals surface area contributed by atoms with Crippen molar-refractivity contribution in [2.75, 3.05) is 26.0 Å². The normalized spacial score (nSPS) is 25.5. The molecule has 10 nitrogen and oxygen atoms in total. The van der Waals surface area contributed by atoms with Gasteiger partial charge in [0.05, 0.1) is 12.0 Å². The Bertz CT molecular complexity index is 1370. The molecule has 0 radical (unpaired) electrons. The number of phenolic OH excluding ortho intramolecular Hbond substituents is 1. The van der Waals surface area contributed by atoms with Gasteiger partial charge in [0.15, 0.2) is 11.4 Å². The van der Waals surface area contributed by atoms with Gasteiger partial charge in [0.2, 0.25) is 5.78 Å². The van der Waals surface area contributed by atoms with Crippen LogP contribution in [0.5, 0.6) is 5.75 Å². The second kappa shape index (κ2) is 9.81. The van der Waals surface area contributed by atoms with Gasteiger partial charge in [-0.15, -0.1) is 0 Å². The van der Waals surface area contributed by atoms with E-state index < -0.39 is 76.4 Å². The third-order valence-corrected chi connectivity index (χ3v) is 8.30. The largest absolute Gasteiger partial charge is 0.511 e. The molecule has 0 fully saturated rings. The molecule has 3 aliphatic carbocycles. The van der Waals surface area contributed by atoms with Gasteiger partial charge < -0.3 is 31.1 Å². The van der Waals surface area contributed by atoms with E-state index in [1.807, 2.05) is 0 Å². The molecule has 0 heterocycles. The van der Waals surface area contributed by atoms with Crippen LogP contribution in [-0.2, 0) is 22.6 Å². The number of alkyl halides is 3. The highest BCUT2D eigenvalue weighted by atomic mass is 19.4. The lowest BCUT2D eigenvalue weighted by molar-refractivity contribution is -0.146. The number of amides is 1. The number of fused-ring (bicyclic) bond motifs is 3. The molecule has 40 heavy (non-hydrogen) atoms. The molecule has 6 N–H and O–H groups in total. The number of hydrogen-bond acceptors (Lipinski definition) is 9. The number of aliphatic hydroxyl groups excluding tert-OH is 2. The Morgan fingerprint density at radius 1 is 1.18 bits per heavy atom. The third kappa shape index (κ3) is 4.60. The number of aliphatic hydroxyl groups is 3. The molecule has 1 aromatic carbocycles. The average Bonchev–Trinajstić information content (AvgIpc) is 2.81. The first-order valence-electron chi connectivity index (χ1n) is 12.7. The summed E-state index contributed by atoms with van der Waals surface area (Å²) >= 11 is 0. The summed E-state index contributed by atoms with van der Waals surface area (Å²) in [6, 6.07) is 0.667. The van der Waals surface area contributed by atoms with Gasteiger partial charge in [0.25, 0.3) is 5.91 Å². The molecule has 1 aromatic rings. The molecule has 4 atom stereocenters. The zero-order chi connectivity index (χ0) is 30.1. The number of allylic oxidation sites excluding steroid dienone is 2. The fourth-order valence-electron chi connectivity index (χ4n) is 6.16. The van der Waals surface area contributed by atoms with Crippen LogP contribution in [0.2, 0.25) is 0 Å². The Kier molecular flexibility index (Phi) is 7.21. The summed E-state index contributed by atoms with van der Waals surface area (Å²) in [5.41, 5.74) is 2.34. The van der Waals surface area contributed by atoms with Crippen LogP contribution in [0.15, 0.2) is 28.7 Å². The third-order valence-electron chi connectivity index (χ3n) is 8.30. The molecule has 1 amide bonds. The summed E-state index contributed by atoms with van der Waals surface area (Å²) in [5.74, 6) is -7.26. The number of anilines is 1. The van der Waals surface area contributed by atoms with E-state index in [0.717, 1.165) is 0 Å². The fourth-order valence-corrected chi connectivity index (χ4v) is 6.16. The van der Waals surface area contributed by atoms with Crippen LogP contribution in [0.25, 0.3) is 0 Å². The van der Waals surface area contributed by atoms with Crippen molar-refractivity contribution in [1.82, 2.24) is 4.90 Å². The molecule has 0 bridgehead atoms. The van der Waals surface area contributed by atoms with Crippen LogP contribution in [0.1, 0.15) is 47.7 Å². The minimum absolute atomic E-state index is 0.00398. The number of benzene rings is 1. The maximum absolute atomic E-state index is 13.9. The SMILES string of the molecule is CC(CC(F)(F)F)N(C)Cc1cc(N(C)C)c2c(c1O)C(=O)C1=C(O)[C@]3(O)C(=O)C(C(N)=O)=C(O)C[C@@H]3C[C@@H]1C2. The lowest BCUT2D eigenvalue weighted by Gasteiger charge is -2.46. The van der Waals surface area contributed by atoms with E-state index in [1.165, 1.54) is 18.9 Å². The summed E-state index contributed by atoms with van der Waals surface area (Å²) in [6.07, 6.45) is -5.69. The van der Waals surface area contributed by atoms with Gasteiger partial charge in [-0.25, -0.2) is 0 Å². The molecular formula is C27H32F3N3O7. The van der Waals surface area contributed by atoms with Crippen molar-refractivity contribution in [2.24, 2.45) is 17.6 Å². The first kappa shape index (κ1) is 29.4. The van der Waals surface area contributed by atoms with Gasteiger partial charge in [-0.3, -0.25) is 19.3 Å². The number of ketones is 2. The summed E-state index contributed by atoms with van der Waals surface area (Å²) in [6.45, 7) is 1.26. The standard InChI is InChI=1S/C27H32F3N3O7/c1-11(9-26(28,29)30)33(4)10-13-7-16(32(2)3)15-6-12-5-14-8-17(34)20(25(31)39)24(38)27(14,40)23(37)18(12)22(36)19(15)21(13)35/h7,11-12,14,34-35,37,40H,5-6,8-10H2,1-4H3,(H2,31,39)/t11?,12-,14+,27+/m1/s1. The Hall–Kier alpha value is -3.58. The van der Waals surface area contributed by atoms with Gasteiger partial charge >= 0.3 is 6.18 Å². The molecule has 218 valence electrons. The van der Waals surface area contributed by atoms with Gasteiger partial charge in [-0.2, -0.15) is 13.2 Å². The average molecular weight is 568 g/mol. The monoisotopic (exact) mass is 567 g/mol. The van der Waals surface area contributed by atoms with Gasteiger partial charge in [0.1, 0.15) is 22.8 Å². The highest BCUT2D eigenvalue weighted by molar-refractivity contribution is 6.24. The number of halogens is 3. The molecule has 1 unspecified atom stereocenters. The second-order valence-electron chi connectivity index (χ2n) is 11.1. The topological polar surface area (TPSA) is 165 Å². The number of aromatic hydroxyl groups is 1. The number of phenols is 1. The minimum atomic E-state index is -4.40. The summed E-state index contributed by atoms with van der Waals surface area (Å²) in [5, 5.41) is 44.1. The fraction of sp³-hybridized carbons (Fsp3) is 0.519. The first-order chi connectivity index (χ1) is 18.4. The molecule has 13 heteroatoms. The Balaban J connectivity index is 1.83. The predicted molar refractivity (Wildman–Crippen MR) is 137 cm³/mol. The van der Waals surface area contributed by atoms with E-state index in [9.17, 15) is 48.0 Å².